The average molecular weight is 554 g/mol. The van der Waals surface area contributed by atoms with Crippen LogP contribution in [-0.2, 0) is 26.2 Å². The minimum Gasteiger partial charge on any atom is -0.355 e. The van der Waals surface area contributed by atoms with E-state index in [1.807, 2.05) is 32.9 Å². The first-order chi connectivity index (χ1) is 18.4. The minimum absolute atomic E-state index is 0.0336. The number of nitrogens with zero attached hydrogens (tertiary/aromatic N) is 2. The zero-order valence-electron chi connectivity index (χ0n) is 23.0. The maximum absolute atomic E-state index is 14.6. The van der Waals surface area contributed by atoms with E-state index in [1.54, 1.807) is 44.2 Å². The van der Waals surface area contributed by atoms with Gasteiger partial charge < -0.3 is 10.2 Å². The van der Waals surface area contributed by atoms with Crippen LogP contribution in [0.2, 0.25) is 0 Å². The molecular formula is C30H36FN3O4S. The number of halogens is 1. The van der Waals surface area contributed by atoms with Gasteiger partial charge in [-0.3, -0.25) is 13.9 Å². The number of likely N-dealkylation sites (N-methyl/N-ethyl adjacent to an activating group) is 1. The molecule has 1 N–H and O–H groups in total. The van der Waals surface area contributed by atoms with Crippen molar-refractivity contribution in [2.24, 2.45) is 0 Å². The lowest BCUT2D eigenvalue weighted by atomic mass is 10.0. The highest BCUT2D eigenvalue weighted by molar-refractivity contribution is 7.92. The van der Waals surface area contributed by atoms with Crippen LogP contribution in [0.1, 0.15) is 50.3 Å². The summed E-state index contributed by atoms with van der Waals surface area (Å²) in [5.41, 5.74) is 2.44. The van der Waals surface area contributed by atoms with Crippen LogP contribution in [0.15, 0.2) is 77.7 Å². The van der Waals surface area contributed by atoms with Crippen molar-refractivity contribution < 1.29 is 22.4 Å². The molecule has 0 aliphatic carbocycles. The molecule has 0 aliphatic rings. The van der Waals surface area contributed by atoms with Crippen LogP contribution in [0.4, 0.5) is 10.1 Å². The lowest BCUT2D eigenvalue weighted by Gasteiger charge is -2.32. The van der Waals surface area contributed by atoms with E-state index in [1.165, 1.54) is 35.2 Å². The van der Waals surface area contributed by atoms with Gasteiger partial charge in [0.1, 0.15) is 18.4 Å². The van der Waals surface area contributed by atoms with Crippen molar-refractivity contribution in [1.29, 1.82) is 0 Å². The van der Waals surface area contributed by atoms with E-state index in [-0.39, 0.29) is 22.9 Å². The van der Waals surface area contributed by atoms with Gasteiger partial charge in [-0.25, -0.2) is 12.8 Å². The van der Waals surface area contributed by atoms with Gasteiger partial charge in [0.25, 0.3) is 10.0 Å². The Kier molecular flexibility index (Phi) is 9.86. The molecular weight excluding hydrogens is 517 g/mol. The Morgan fingerprint density at radius 3 is 2.10 bits per heavy atom. The van der Waals surface area contributed by atoms with E-state index >= 15 is 0 Å². The fourth-order valence-corrected chi connectivity index (χ4v) is 5.52. The predicted molar refractivity (Wildman–Crippen MR) is 151 cm³/mol. The second-order valence-electron chi connectivity index (χ2n) is 9.75. The Bertz CT molecular complexity index is 1390. The molecule has 0 heterocycles. The summed E-state index contributed by atoms with van der Waals surface area (Å²) in [7, 11) is -4.16. The Balaban J connectivity index is 2.05. The molecule has 0 bridgehead atoms. The Labute approximate surface area is 230 Å². The number of hydrogen-bond donors (Lipinski definition) is 1. The lowest BCUT2D eigenvalue weighted by molar-refractivity contribution is -0.139. The van der Waals surface area contributed by atoms with Crippen LogP contribution in [-0.4, -0.2) is 44.3 Å². The van der Waals surface area contributed by atoms with Crippen molar-refractivity contribution in [3.63, 3.8) is 0 Å². The number of rotatable bonds is 11. The number of benzene rings is 3. The zero-order valence-corrected chi connectivity index (χ0v) is 23.8. The molecule has 3 rings (SSSR count). The van der Waals surface area contributed by atoms with E-state index in [2.05, 4.69) is 5.32 Å². The van der Waals surface area contributed by atoms with Gasteiger partial charge in [0.2, 0.25) is 11.8 Å². The van der Waals surface area contributed by atoms with Crippen molar-refractivity contribution in [3.8, 4) is 0 Å². The summed E-state index contributed by atoms with van der Waals surface area (Å²) >= 11 is 0. The number of amides is 2. The first-order valence-electron chi connectivity index (χ1n) is 13.0. The minimum atomic E-state index is -4.16. The molecule has 39 heavy (non-hydrogen) atoms. The maximum atomic E-state index is 14.6. The Morgan fingerprint density at radius 2 is 1.54 bits per heavy atom. The molecule has 1 atom stereocenters. The largest absolute Gasteiger partial charge is 0.355 e. The van der Waals surface area contributed by atoms with Gasteiger partial charge in [0, 0.05) is 18.7 Å². The van der Waals surface area contributed by atoms with Gasteiger partial charge in [0.15, 0.2) is 0 Å². The third-order valence-corrected chi connectivity index (χ3v) is 8.34. The second kappa shape index (κ2) is 12.9. The molecule has 2 amide bonds. The van der Waals surface area contributed by atoms with Crippen molar-refractivity contribution in [3.05, 3.63) is 95.3 Å². The maximum Gasteiger partial charge on any atom is 0.264 e. The third-order valence-electron chi connectivity index (χ3n) is 6.55. The molecule has 0 aromatic heterocycles. The normalized spacial score (nSPS) is 12.2. The number of hydrogen-bond acceptors (Lipinski definition) is 4. The molecule has 0 aliphatic heterocycles. The highest BCUT2D eigenvalue weighted by Crippen LogP contribution is 2.27. The van der Waals surface area contributed by atoms with Crippen LogP contribution < -0.4 is 9.62 Å². The fraction of sp³-hybridized carbons (Fsp3) is 0.333. The first-order valence-corrected chi connectivity index (χ1v) is 14.4. The molecule has 9 heteroatoms. The van der Waals surface area contributed by atoms with Gasteiger partial charge in [-0.2, -0.15) is 0 Å². The molecule has 0 radical (unpaired) electrons. The van der Waals surface area contributed by atoms with Crippen molar-refractivity contribution in [2.75, 3.05) is 17.4 Å². The van der Waals surface area contributed by atoms with Gasteiger partial charge >= 0.3 is 0 Å². The van der Waals surface area contributed by atoms with E-state index in [0.29, 0.717) is 12.2 Å². The topological polar surface area (TPSA) is 86.8 Å². The fourth-order valence-electron chi connectivity index (χ4n) is 4.11. The smallest absolute Gasteiger partial charge is 0.264 e. The monoisotopic (exact) mass is 553 g/mol. The number of sulfonamides is 1. The molecule has 7 nitrogen and oxygen atoms in total. The van der Waals surface area contributed by atoms with Gasteiger partial charge in [-0.15, -0.1) is 0 Å². The van der Waals surface area contributed by atoms with Gasteiger partial charge in [-0.1, -0.05) is 61.9 Å². The van der Waals surface area contributed by atoms with Crippen LogP contribution in [0, 0.1) is 12.7 Å². The van der Waals surface area contributed by atoms with Gasteiger partial charge in [0.05, 0.1) is 10.6 Å². The van der Waals surface area contributed by atoms with Crippen molar-refractivity contribution in [1.82, 2.24) is 10.2 Å². The van der Waals surface area contributed by atoms with E-state index < -0.39 is 40.2 Å². The predicted octanol–water partition coefficient (Wildman–Crippen LogP) is 5.01. The first kappa shape index (κ1) is 29.8. The lowest BCUT2D eigenvalue weighted by Crippen LogP contribution is -2.51. The number of anilines is 1. The van der Waals surface area contributed by atoms with E-state index in [9.17, 15) is 22.4 Å². The summed E-state index contributed by atoms with van der Waals surface area (Å²) in [5, 5.41) is 2.69. The number of nitrogens with one attached hydrogen (secondary N) is 1. The number of aryl methyl sites for hydroxylation is 1. The Hall–Kier alpha value is -3.72. The molecule has 208 valence electrons. The van der Waals surface area contributed by atoms with Crippen LogP contribution in [0.25, 0.3) is 0 Å². The average Bonchev–Trinajstić information content (AvgIpc) is 2.91. The van der Waals surface area contributed by atoms with Crippen LogP contribution >= 0.6 is 0 Å². The Morgan fingerprint density at radius 1 is 0.923 bits per heavy atom. The van der Waals surface area contributed by atoms with E-state index in [0.717, 1.165) is 15.4 Å². The van der Waals surface area contributed by atoms with Crippen molar-refractivity contribution >= 4 is 27.5 Å². The SMILES string of the molecule is CCNC(=O)[C@H](C)N(Cc1ccccc1F)C(=O)CN(c1ccc(C(C)C)cc1)S(=O)(=O)c1ccc(C)cc1. The second-order valence-corrected chi connectivity index (χ2v) is 11.6. The molecule has 0 spiro atoms. The molecule has 0 saturated carbocycles. The summed E-state index contributed by atoms with van der Waals surface area (Å²) in [6.07, 6.45) is 0. The summed E-state index contributed by atoms with van der Waals surface area (Å²) in [5.74, 6) is -1.35. The number of carbonyl (C=O) groups excluding carboxylic acids is 2. The summed E-state index contributed by atoms with van der Waals surface area (Å²) in [6.45, 7) is 8.78. The van der Waals surface area contributed by atoms with Crippen molar-refractivity contribution in [2.45, 2.75) is 58.0 Å². The molecule has 3 aromatic rings. The molecule has 0 fully saturated rings. The number of carbonyl (C=O) groups is 2. The van der Waals surface area contributed by atoms with Gasteiger partial charge in [-0.05, 0) is 62.6 Å². The van der Waals surface area contributed by atoms with Crippen LogP contribution in [0.3, 0.4) is 0 Å². The van der Waals surface area contributed by atoms with E-state index in [4.69, 9.17) is 0 Å². The standard InChI is InChI=1S/C30H36FN3O4S/c1-6-32-30(36)23(5)33(19-25-9-7-8-10-28(25)31)29(35)20-34(26-15-13-24(14-16-26)21(2)3)39(37,38)27-17-11-22(4)12-18-27/h7-18,21,23H,6,19-20H2,1-5H3,(H,32,36)/t23-/m0/s1. The third kappa shape index (κ3) is 7.23. The summed E-state index contributed by atoms with van der Waals surface area (Å²) < 4.78 is 43.3. The quantitative estimate of drug-likeness (QED) is 0.362. The molecule has 0 saturated heterocycles. The summed E-state index contributed by atoms with van der Waals surface area (Å²) in [4.78, 5) is 27.8. The van der Waals surface area contributed by atoms with Crippen LogP contribution in [0.5, 0.6) is 0 Å². The molecule has 0 unspecified atom stereocenters. The summed E-state index contributed by atoms with van der Waals surface area (Å²) in [6, 6.07) is 18.4. The highest BCUT2D eigenvalue weighted by Gasteiger charge is 2.32. The molecule has 3 aromatic carbocycles. The zero-order chi connectivity index (χ0) is 28.7. The highest BCUT2D eigenvalue weighted by atomic mass is 32.2.